The van der Waals surface area contributed by atoms with Gasteiger partial charge in [-0.3, -0.25) is 0 Å². The fourth-order valence-corrected chi connectivity index (χ4v) is 2.31. The number of fused-ring (bicyclic) bond motifs is 1. The van der Waals surface area contributed by atoms with E-state index in [1.807, 2.05) is 18.2 Å². The molecule has 2 unspecified atom stereocenters. The summed E-state index contributed by atoms with van der Waals surface area (Å²) in [4.78, 5) is 0. The predicted octanol–water partition coefficient (Wildman–Crippen LogP) is 1.84. The molecule has 0 spiro atoms. The van der Waals surface area contributed by atoms with Gasteiger partial charge in [0.25, 0.3) is 0 Å². The normalized spacial score (nSPS) is 24.9. The van der Waals surface area contributed by atoms with Crippen molar-refractivity contribution in [2.24, 2.45) is 5.41 Å². The Balaban J connectivity index is 1.60. The smallest absolute Gasteiger partial charge is 0.231 e. The van der Waals surface area contributed by atoms with Crippen molar-refractivity contribution in [3.05, 3.63) is 23.8 Å². The van der Waals surface area contributed by atoms with Gasteiger partial charge in [-0.1, -0.05) is 19.9 Å². The van der Waals surface area contributed by atoms with Gasteiger partial charge in [-0.25, -0.2) is 0 Å². The van der Waals surface area contributed by atoms with Gasteiger partial charge in [0.2, 0.25) is 6.79 Å². The molecule has 1 heterocycles. The van der Waals surface area contributed by atoms with E-state index in [4.69, 9.17) is 9.47 Å². The van der Waals surface area contributed by atoms with Crippen molar-refractivity contribution in [2.75, 3.05) is 13.3 Å². The zero-order valence-electron chi connectivity index (χ0n) is 10.8. The molecule has 0 amide bonds. The zero-order valence-corrected chi connectivity index (χ0v) is 10.8. The van der Waals surface area contributed by atoms with E-state index in [0.29, 0.717) is 18.0 Å². The van der Waals surface area contributed by atoms with E-state index in [-0.39, 0.29) is 6.79 Å². The van der Waals surface area contributed by atoms with Crippen LogP contribution in [0.5, 0.6) is 11.5 Å². The first-order chi connectivity index (χ1) is 8.56. The summed E-state index contributed by atoms with van der Waals surface area (Å²) < 4.78 is 10.6. The Morgan fingerprint density at radius 3 is 2.83 bits per heavy atom. The molecule has 0 bridgehead atoms. The first kappa shape index (κ1) is 11.8. The molecule has 98 valence electrons. The highest BCUT2D eigenvalue weighted by Gasteiger charge is 2.45. The van der Waals surface area contributed by atoms with E-state index < -0.39 is 6.10 Å². The van der Waals surface area contributed by atoms with Gasteiger partial charge in [0.05, 0.1) is 6.10 Å². The van der Waals surface area contributed by atoms with Crippen molar-refractivity contribution in [3.8, 4) is 11.5 Å². The lowest BCUT2D eigenvalue weighted by Crippen LogP contribution is -2.26. The number of hydrogen-bond acceptors (Lipinski definition) is 4. The van der Waals surface area contributed by atoms with Crippen LogP contribution in [-0.2, 0) is 0 Å². The average molecular weight is 249 g/mol. The van der Waals surface area contributed by atoms with Crippen LogP contribution in [0.3, 0.4) is 0 Å². The Morgan fingerprint density at radius 1 is 1.39 bits per heavy atom. The van der Waals surface area contributed by atoms with Crippen molar-refractivity contribution < 1.29 is 14.6 Å². The summed E-state index contributed by atoms with van der Waals surface area (Å²) in [6.07, 6.45) is 0.678. The number of aliphatic hydroxyl groups excluding tert-OH is 1. The third kappa shape index (κ3) is 2.18. The van der Waals surface area contributed by atoms with Crippen LogP contribution in [0, 0.1) is 5.41 Å². The largest absolute Gasteiger partial charge is 0.454 e. The summed E-state index contributed by atoms with van der Waals surface area (Å²) in [6, 6.07) is 6.12. The standard InChI is InChI=1S/C14H19NO3/c1-14(2)6-13(14)15-7-10(16)9-3-4-11-12(5-9)18-8-17-11/h3-5,10,13,15-16H,6-8H2,1-2H3. The fourth-order valence-electron chi connectivity index (χ4n) is 2.31. The molecule has 0 aromatic heterocycles. The monoisotopic (exact) mass is 249 g/mol. The summed E-state index contributed by atoms with van der Waals surface area (Å²) >= 11 is 0. The third-order valence-corrected chi connectivity index (χ3v) is 3.85. The molecule has 0 saturated heterocycles. The highest BCUT2D eigenvalue weighted by atomic mass is 16.7. The topological polar surface area (TPSA) is 50.7 Å². The molecule has 1 saturated carbocycles. The summed E-state index contributed by atoms with van der Waals surface area (Å²) in [7, 11) is 0. The maximum absolute atomic E-state index is 10.1. The van der Waals surface area contributed by atoms with Gasteiger partial charge in [-0.15, -0.1) is 0 Å². The first-order valence-electron chi connectivity index (χ1n) is 6.37. The van der Waals surface area contributed by atoms with Crippen LogP contribution in [0.4, 0.5) is 0 Å². The maximum Gasteiger partial charge on any atom is 0.231 e. The minimum atomic E-state index is -0.504. The molecule has 4 nitrogen and oxygen atoms in total. The number of benzene rings is 1. The highest BCUT2D eigenvalue weighted by Crippen LogP contribution is 2.44. The molecule has 2 N–H and O–H groups in total. The number of hydrogen-bond donors (Lipinski definition) is 2. The molecule has 18 heavy (non-hydrogen) atoms. The van der Waals surface area contributed by atoms with E-state index in [1.165, 1.54) is 6.42 Å². The van der Waals surface area contributed by atoms with Gasteiger partial charge in [0.15, 0.2) is 11.5 Å². The second-order valence-corrected chi connectivity index (χ2v) is 5.78. The summed E-state index contributed by atoms with van der Waals surface area (Å²) in [5.41, 5.74) is 1.25. The predicted molar refractivity (Wildman–Crippen MR) is 67.7 cm³/mol. The van der Waals surface area contributed by atoms with Gasteiger partial charge in [0.1, 0.15) is 0 Å². The number of rotatable bonds is 4. The summed E-state index contributed by atoms with van der Waals surface area (Å²) in [6.45, 7) is 5.31. The van der Waals surface area contributed by atoms with Gasteiger partial charge in [-0.2, -0.15) is 0 Å². The highest BCUT2D eigenvalue weighted by molar-refractivity contribution is 5.45. The van der Waals surface area contributed by atoms with E-state index in [2.05, 4.69) is 19.2 Å². The Labute approximate surface area is 107 Å². The van der Waals surface area contributed by atoms with E-state index in [9.17, 15) is 5.11 Å². The van der Waals surface area contributed by atoms with Crippen molar-refractivity contribution in [1.29, 1.82) is 0 Å². The third-order valence-electron chi connectivity index (χ3n) is 3.85. The second kappa shape index (κ2) is 4.14. The van der Waals surface area contributed by atoms with Crippen LogP contribution in [0.15, 0.2) is 18.2 Å². The summed E-state index contributed by atoms with van der Waals surface area (Å²) in [5, 5.41) is 13.5. The fraction of sp³-hybridized carbons (Fsp3) is 0.571. The van der Waals surface area contributed by atoms with Crippen LogP contribution < -0.4 is 14.8 Å². The molecule has 2 aliphatic rings. The quantitative estimate of drug-likeness (QED) is 0.855. The van der Waals surface area contributed by atoms with Crippen LogP contribution >= 0.6 is 0 Å². The number of ether oxygens (including phenoxy) is 2. The molecule has 1 fully saturated rings. The van der Waals surface area contributed by atoms with E-state index in [1.54, 1.807) is 0 Å². The van der Waals surface area contributed by atoms with Crippen molar-refractivity contribution in [1.82, 2.24) is 5.32 Å². The van der Waals surface area contributed by atoms with Crippen LogP contribution in [0.2, 0.25) is 0 Å². The Kier molecular flexibility index (Phi) is 2.72. The minimum absolute atomic E-state index is 0.267. The SMILES string of the molecule is CC1(C)CC1NCC(O)c1ccc2c(c1)OCO2. The molecule has 1 aromatic carbocycles. The Morgan fingerprint density at radius 2 is 2.11 bits per heavy atom. The van der Waals surface area contributed by atoms with Crippen LogP contribution in [0.1, 0.15) is 31.9 Å². The van der Waals surface area contributed by atoms with E-state index in [0.717, 1.165) is 17.1 Å². The molecular formula is C14H19NO3. The van der Waals surface area contributed by atoms with Crippen molar-refractivity contribution >= 4 is 0 Å². The Hall–Kier alpha value is -1.26. The maximum atomic E-state index is 10.1. The molecule has 0 radical (unpaired) electrons. The van der Waals surface area contributed by atoms with Crippen LogP contribution in [-0.4, -0.2) is 24.5 Å². The molecule has 4 heteroatoms. The van der Waals surface area contributed by atoms with Gasteiger partial charge in [-0.05, 0) is 29.5 Å². The van der Waals surface area contributed by atoms with E-state index >= 15 is 0 Å². The summed E-state index contributed by atoms with van der Waals surface area (Å²) in [5.74, 6) is 1.47. The number of aliphatic hydroxyl groups is 1. The van der Waals surface area contributed by atoms with Gasteiger partial charge in [0, 0.05) is 12.6 Å². The second-order valence-electron chi connectivity index (χ2n) is 5.78. The first-order valence-corrected chi connectivity index (χ1v) is 6.37. The zero-order chi connectivity index (χ0) is 12.8. The van der Waals surface area contributed by atoms with Crippen molar-refractivity contribution in [3.63, 3.8) is 0 Å². The number of nitrogens with one attached hydrogen (secondary N) is 1. The molecule has 1 aliphatic heterocycles. The molecule has 1 aliphatic carbocycles. The average Bonchev–Trinajstić information content (AvgIpc) is 2.77. The molecule has 3 rings (SSSR count). The van der Waals surface area contributed by atoms with Crippen molar-refractivity contribution in [2.45, 2.75) is 32.4 Å². The molecule has 1 aromatic rings. The Bertz CT molecular complexity index is 458. The molecule has 2 atom stereocenters. The minimum Gasteiger partial charge on any atom is -0.454 e. The lowest BCUT2D eigenvalue weighted by Gasteiger charge is -2.13. The lowest BCUT2D eigenvalue weighted by molar-refractivity contribution is 0.169. The lowest BCUT2D eigenvalue weighted by atomic mass is 10.1. The van der Waals surface area contributed by atoms with Gasteiger partial charge < -0.3 is 19.9 Å². The van der Waals surface area contributed by atoms with Crippen LogP contribution in [0.25, 0.3) is 0 Å². The van der Waals surface area contributed by atoms with Gasteiger partial charge >= 0.3 is 0 Å². The molecular weight excluding hydrogens is 230 g/mol.